The smallest absolute Gasteiger partial charge is 0.253 e. The van der Waals surface area contributed by atoms with Crippen molar-refractivity contribution in [3.05, 3.63) is 53.8 Å². The average molecular weight is 297 g/mol. The molecule has 112 valence electrons. The van der Waals surface area contributed by atoms with Gasteiger partial charge in [0.25, 0.3) is 5.91 Å². The SMILES string of the molecule is CCN(C)C(=O)c1cc(F)cc(-c2nc3ccccc3[nH]2)c1. The number of nitrogens with one attached hydrogen (secondary N) is 1. The number of carbonyl (C=O) groups excluding carboxylic acids is 1. The van der Waals surface area contributed by atoms with E-state index in [0.29, 0.717) is 23.5 Å². The van der Waals surface area contributed by atoms with Crippen LogP contribution < -0.4 is 0 Å². The van der Waals surface area contributed by atoms with Gasteiger partial charge in [-0.15, -0.1) is 0 Å². The summed E-state index contributed by atoms with van der Waals surface area (Å²) in [6.45, 7) is 2.44. The molecule has 1 heterocycles. The molecule has 3 rings (SSSR count). The molecular formula is C17H16FN3O. The van der Waals surface area contributed by atoms with Crippen LogP contribution in [0.2, 0.25) is 0 Å². The Labute approximate surface area is 127 Å². The minimum Gasteiger partial charge on any atom is -0.342 e. The van der Waals surface area contributed by atoms with Crippen molar-refractivity contribution in [2.45, 2.75) is 6.92 Å². The second kappa shape index (κ2) is 5.60. The quantitative estimate of drug-likeness (QED) is 0.805. The van der Waals surface area contributed by atoms with Crippen molar-refractivity contribution >= 4 is 16.9 Å². The van der Waals surface area contributed by atoms with Gasteiger partial charge in [-0.3, -0.25) is 4.79 Å². The molecule has 5 heteroatoms. The Morgan fingerprint density at radius 1 is 1.27 bits per heavy atom. The number of imidazole rings is 1. The molecule has 0 saturated carbocycles. The zero-order valence-corrected chi connectivity index (χ0v) is 12.4. The fourth-order valence-electron chi connectivity index (χ4n) is 2.30. The highest BCUT2D eigenvalue weighted by Gasteiger charge is 2.14. The summed E-state index contributed by atoms with van der Waals surface area (Å²) in [6, 6.07) is 11.9. The Morgan fingerprint density at radius 2 is 2.05 bits per heavy atom. The van der Waals surface area contributed by atoms with Crippen molar-refractivity contribution in [2.75, 3.05) is 13.6 Å². The van der Waals surface area contributed by atoms with Gasteiger partial charge in [0.1, 0.15) is 11.6 Å². The van der Waals surface area contributed by atoms with Gasteiger partial charge in [-0.25, -0.2) is 9.37 Å². The summed E-state index contributed by atoms with van der Waals surface area (Å²) in [5.41, 5.74) is 2.56. The predicted molar refractivity (Wildman–Crippen MR) is 84.1 cm³/mol. The lowest BCUT2D eigenvalue weighted by Gasteiger charge is -2.14. The molecule has 22 heavy (non-hydrogen) atoms. The lowest BCUT2D eigenvalue weighted by atomic mass is 10.1. The number of aromatic nitrogens is 2. The van der Waals surface area contributed by atoms with E-state index in [1.54, 1.807) is 13.1 Å². The van der Waals surface area contributed by atoms with Crippen molar-refractivity contribution in [3.8, 4) is 11.4 Å². The molecule has 2 aromatic carbocycles. The Hall–Kier alpha value is -2.69. The van der Waals surface area contributed by atoms with E-state index in [1.807, 2.05) is 31.2 Å². The molecule has 0 atom stereocenters. The minimum absolute atomic E-state index is 0.209. The minimum atomic E-state index is -0.453. The van der Waals surface area contributed by atoms with Crippen LogP contribution in [-0.4, -0.2) is 34.4 Å². The normalized spacial score (nSPS) is 10.9. The third-order valence-electron chi connectivity index (χ3n) is 3.63. The van der Waals surface area contributed by atoms with Crippen molar-refractivity contribution in [1.29, 1.82) is 0 Å². The molecule has 0 aliphatic carbocycles. The number of fused-ring (bicyclic) bond motifs is 1. The molecule has 0 spiro atoms. The third kappa shape index (κ3) is 2.57. The highest BCUT2D eigenvalue weighted by atomic mass is 19.1. The fraction of sp³-hybridized carbons (Fsp3) is 0.176. The summed E-state index contributed by atoms with van der Waals surface area (Å²) in [4.78, 5) is 21.3. The van der Waals surface area contributed by atoms with Gasteiger partial charge < -0.3 is 9.88 Å². The van der Waals surface area contributed by atoms with Crippen molar-refractivity contribution in [3.63, 3.8) is 0 Å². The first-order valence-electron chi connectivity index (χ1n) is 7.09. The first-order valence-corrected chi connectivity index (χ1v) is 7.09. The van der Waals surface area contributed by atoms with E-state index in [4.69, 9.17) is 0 Å². The molecule has 1 N–H and O–H groups in total. The predicted octanol–water partition coefficient (Wildman–Crippen LogP) is 3.46. The first-order chi connectivity index (χ1) is 10.6. The Kier molecular flexibility index (Phi) is 3.63. The highest BCUT2D eigenvalue weighted by Crippen LogP contribution is 2.23. The second-order valence-electron chi connectivity index (χ2n) is 5.15. The van der Waals surface area contributed by atoms with Crippen LogP contribution in [0.15, 0.2) is 42.5 Å². The van der Waals surface area contributed by atoms with Gasteiger partial charge >= 0.3 is 0 Å². The fourth-order valence-corrected chi connectivity index (χ4v) is 2.30. The highest BCUT2D eigenvalue weighted by molar-refractivity contribution is 5.95. The molecule has 0 unspecified atom stereocenters. The molecule has 0 fully saturated rings. The maximum absolute atomic E-state index is 13.9. The number of nitrogens with zero attached hydrogens (tertiary/aromatic N) is 2. The molecule has 3 aromatic rings. The van der Waals surface area contributed by atoms with Crippen LogP contribution >= 0.6 is 0 Å². The van der Waals surface area contributed by atoms with Crippen molar-refractivity contribution in [1.82, 2.24) is 14.9 Å². The van der Waals surface area contributed by atoms with Gasteiger partial charge in [0.15, 0.2) is 0 Å². The van der Waals surface area contributed by atoms with Crippen LogP contribution in [0.1, 0.15) is 17.3 Å². The summed E-state index contributed by atoms with van der Waals surface area (Å²) in [5, 5.41) is 0. The maximum atomic E-state index is 13.9. The van der Waals surface area contributed by atoms with Gasteiger partial charge in [0, 0.05) is 24.7 Å². The zero-order valence-electron chi connectivity index (χ0n) is 12.4. The number of amides is 1. The molecule has 0 radical (unpaired) electrons. The maximum Gasteiger partial charge on any atom is 0.253 e. The number of para-hydroxylation sites is 2. The van der Waals surface area contributed by atoms with Gasteiger partial charge in [-0.05, 0) is 37.3 Å². The molecule has 0 aliphatic rings. The van der Waals surface area contributed by atoms with E-state index in [-0.39, 0.29) is 5.91 Å². The molecular weight excluding hydrogens is 281 g/mol. The molecule has 0 bridgehead atoms. The summed E-state index contributed by atoms with van der Waals surface area (Å²) in [7, 11) is 1.69. The summed E-state index contributed by atoms with van der Waals surface area (Å²) in [6.07, 6.45) is 0. The molecule has 1 amide bonds. The van der Waals surface area contributed by atoms with E-state index >= 15 is 0 Å². The summed E-state index contributed by atoms with van der Waals surface area (Å²) < 4.78 is 13.9. The monoisotopic (exact) mass is 297 g/mol. The van der Waals surface area contributed by atoms with E-state index < -0.39 is 5.82 Å². The Balaban J connectivity index is 2.07. The van der Waals surface area contributed by atoms with Gasteiger partial charge in [0.2, 0.25) is 0 Å². The summed E-state index contributed by atoms with van der Waals surface area (Å²) >= 11 is 0. The number of halogens is 1. The van der Waals surface area contributed by atoms with Crippen LogP contribution in [0.4, 0.5) is 4.39 Å². The van der Waals surface area contributed by atoms with Gasteiger partial charge in [0.05, 0.1) is 11.0 Å². The van der Waals surface area contributed by atoms with Crippen LogP contribution in [0.3, 0.4) is 0 Å². The van der Waals surface area contributed by atoms with E-state index in [1.165, 1.54) is 17.0 Å². The number of carbonyl (C=O) groups is 1. The van der Waals surface area contributed by atoms with E-state index in [2.05, 4.69) is 9.97 Å². The molecule has 1 aromatic heterocycles. The largest absolute Gasteiger partial charge is 0.342 e. The number of rotatable bonds is 3. The zero-order chi connectivity index (χ0) is 15.7. The Morgan fingerprint density at radius 3 is 2.77 bits per heavy atom. The van der Waals surface area contributed by atoms with Crippen molar-refractivity contribution in [2.24, 2.45) is 0 Å². The number of hydrogen-bond donors (Lipinski definition) is 1. The van der Waals surface area contributed by atoms with Crippen LogP contribution in [0.5, 0.6) is 0 Å². The topological polar surface area (TPSA) is 49.0 Å². The first kappa shape index (κ1) is 14.3. The van der Waals surface area contributed by atoms with Crippen LogP contribution in [-0.2, 0) is 0 Å². The van der Waals surface area contributed by atoms with Gasteiger partial charge in [-0.2, -0.15) is 0 Å². The van der Waals surface area contributed by atoms with Gasteiger partial charge in [-0.1, -0.05) is 12.1 Å². The lowest BCUT2D eigenvalue weighted by Crippen LogP contribution is -2.26. The van der Waals surface area contributed by atoms with Crippen LogP contribution in [0, 0.1) is 5.82 Å². The van der Waals surface area contributed by atoms with Crippen LogP contribution in [0.25, 0.3) is 22.4 Å². The Bertz CT molecular complexity index is 808. The standard InChI is InChI=1S/C17H16FN3O/c1-3-21(2)17(22)12-8-11(9-13(18)10-12)16-19-14-6-4-5-7-15(14)20-16/h4-10H,3H2,1-2H3,(H,19,20). The number of benzene rings is 2. The number of H-pyrrole nitrogens is 1. The summed E-state index contributed by atoms with van der Waals surface area (Å²) in [5.74, 6) is -0.112. The molecule has 0 aliphatic heterocycles. The molecule has 4 nitrogen and oxygen atoms in total. The number of aromatic amines is 1. The number of hydrogen-bond acceptors (Lipinski definition) is 2. The van der Waals surface area contributed by atoms with E-state index in [0.717, 1.165) is 11.0 Å². The average Bonchev–Trinajstić information content (AvgIpc) is 2.97. The van der Waals surface area contributed by atoms with E-state index in [9.17, 15) is 9.18 Å². The van der Waals surface area contributed by atoms with Crippen molar-refractivity contribution < 1.29 is 9.18 Å². The third-order valence-corrected chi connectivity index (χ3v) is 3.63. The lowest BCUT2D eigenvalue weighted by molar-refractivity contribution is 0.0802. The molecule has 0 saturated heterocycles. The second-order valence-corrected chi connectivity index (χ2v) is 5.15.